The second-order valence-electron chi connectivity index (χ2n) is 7.13. The number of anilines is 1. The summed E-state index contributed by atoms with van der Waals surface area (Å²) in [7, 11) is 0. The van der Waals surface area contributed by atoms with E-state index in [0.717, 1.165) is 11.3 Å². The number of benzene rings is 2. The fraction of sp³-hybridized carbons (Fsp3) is 0.333. The molecule has 0 aliphatic rings. The van der Waals surface area contributed by atoms with Gasteiger partial charge in [-0.2, -0.15) is 0 Å². The molecule has 144 valence electrons. The van der Waals surface area contributed by atoms with Crippen molar-refractivity contribution >= 4 is 17.7 Å². The van der Waals surface area contributed by atoms with E-state index in [-0.39, 0.29) is 5.91 Å². The standard InChI is InChI=1S/C21H26N2O4/c1-15-7-5-10-18(13-15)26-12-11-22-19(24)16-8-6-9-17(14-16)23-20(25)27-21(2,3)4/h5-10,13-14H,11-12H2,1-4H3,(H,22,24)(H,23,25). The van der Waals surface area contributed by atoms with Gasteiger partial charge in [-0.25, -0.2) is 4.79 Å². The third-order valence-corrected chi connectivity index (χ3v) is 3.42. The van der Waals surface area contributed by atoms with Gasteiger partial charge in [-0.1, -0.05) is 18.2 Å². The molecule has 0 unspecified atom stereocenters. The molecule has 0 atom stereocenters. The zero-order valence-electron chi connectivity index (χ0n) is 16.2. The Balaban J connectivity index is 1.83. The van der Waals surface area contributed by atoms with E-state index in [1.54, 1.807) is 45.0 Å². The molecule has 0 radical (unpaired) electrons. The quantitative estimate of drug-likeness (QED) is 0.749. The summed E-state index contributed by atoms with van der Waals surface area (Å²) in [5, 5.41) is 5.42. The molecule has 0 aliphatic carbocycles. The van der Waals surface area contributed by atoms with Crippen molar-refractivity contribution in [2.75, 3.05) is 18.5 Å². The van der Waals surface area contributed by atoms with Crippen LogP contribution in [-0.4, -0.2) is 30.8 Å². The number of nitrogens with one attached hydrogen (secondary N) is 2. The third-order valence-electron chi connectivity index (χ3n) is 3.42. The van der Waals surface area contributed by atoms with Crippen LogP contribution in [0.3, 0.4) is 0 Å². The largest absolute Gasteiger partial charge is 0.492 e. The van der Waals surface area contributed by atoms with Crippen LogP contribution in [0.1, 0.15) is 36.7 Å². The third kappa shape index (κ3) is 7.40. The summed E-state index contributed by atoms with van der Waals surface area (Å²) in [6.07, 6.45) is -0.563. The summed E-state index contributed by atoms with van der Waals surface area (Å²) in [5.41, 5.74) is 1.47. The average molecular weight is 370 g/mol. The molecule has 0 bridgehead atoms. The summed E-state index contributed by atoms with van der Waals surface area (Å²) in [6, 6.07) is 14.4. The van der Waals surface area contributed by atoms with E-state index in [1.165, 1.54) is 0 Å². The number of hydrogen-bond acceptors (Lipinski definition) is 4. The lowest BCUT2D eigenvalue weighted by atomic mass is 10.2. The number of rotatable bonds is 6. The second kappa shape index (κ2) is 9.07. The number of carbonyl (C=O) groups is 2. The normalized spacial score (nSPS) is 10.8. The summed E-state index contributed by atoms with van der Waals surface area (Å²) in [5.74, 6) is 0.531. The highest BCUT2D eigenvalue weighted by Gasteiger charge is 2.16. The van der Waals surface area contributed by atoms with Crippen LogP contribution in [0.15, 0.2) is 48.5 Å². The van der Waals surface area contributed by atoms with Gasteiger partial charge >= 0.3 is 6.09 Å². The Morgan fingerprint density at radius 1 is 1.04 bits per heavy atom. The molecule has 0 aromatic heterocycles. The fourth-order valence-corrected chi connectivity index (χ4v) is 2.30. The van der Waals surface area contributed by atoms with E-state index in [2.05, 4.69) is 10.6 Å². The minimum Gasteiger partial charge on any atom is -0.492 e. The highest BCUT2D eigenvalue weighted by molar-refractivity contribution is 5.96. The Morgan fingerprint density at radius 3 is 2.48 bits per heavy atom. The van der Waals surface area contributed by atoms with Crippen LogP contribution in [0.25, 0.3) is 0 Å². The predicted octanol–water partition coefficient (Wildman–Crippen LogP) is 4.15. The van der Waals surface area contributed by atoms with Crippen LogP contribution >= 0.6 is 0 Å². The minimum absolute atomic E-state index is 0.240. The highest BCUT2D eigenvalue weighted by atomic mass is 16.6. The summed E-state index contributed by atoms with van der Waals surface area (Å²) in [6.45, 7) is 8.09. The van der Waals surface area contributed by atoms with Crippen molar-refractivity contribution in [1.82, 2.24) is 5.32 Å². The first-order valence-corrected chi connectivity index (χ1v) is 8.81. The molecule has 0 heterocycles. The molecule has 0 saturated carbocycles. The Morgan fingerprint density at radius 2 is 1.78 bits per heavy atom. The molecule has 2 amide bonds. The van der Waals surface area contributed by atoms with Crippen LogP contribution in [0.2, 0.25) is 0 Å². The monoisotopic (exact) mass is 370 g/mol. The molecule has 2 aromatic rings. The van der Waals surface area contributed by atoms with Gasteiger partial charge in [0.05, 0.1) is 6.54 Å². The van der Waals surface area contributed by atoms with Crippen LogP contribution < -0.4 is 15.4 Å². The van der Waals surface area contributed by atoms with Crippen molar-refractivity contribution in [2.24, 2.45) is 0 Å². The maximum atomic E-state index is 12.3. The van der Waals surface area contributed by atoms with Crippen LogP contribution in [-0.2, 0) is 4.74 Å². The lowest BCUT2D eigenvalue weighted by molar-refractivity contribution is 0.0635. The maximum absolute atomic E-state index is 12.3. The summed E-state index contributed by atoms with van der Waals surface area (Å²) >= 11 is 0. The molecule has 2 aromatic carbocycles. The van der Waals surface area contributed by atoms with Crippen molar-refractivity contribution < 1.29 is 19.1 Å². The highest BCUT2D eigenvalue weighted by Crippen LogP contribution is 2.14. The Kier molecular flexibility index (Phi) is 6.82. The molecule has 2 N–H and O–H groups in total. The second-order valence-corrected chi connectivity index (χ2v) is 7.13. The lowest BCUT2D eigenvalue weighted by Crippen LogP contribution is -2.29. The van der Waals surface area contributed by atoms with Crippen molar-refractivity contribution in [3.8, 4) is 5.75 Å². The molecule has 0 spiro atoms. The zero-order valence-corrected chi connectivity index (χ0v) is 16.2. The van der Waals surface area contributed by atoms with Crippen LogP contribution in [0, 0.1) is 6.92 Å². The van der Waals surface area contributed by atoms with Crippen LogP contribution in [0.5, 0.6) is 5.75 Å². The zero-order chi connectivity index (χ0) is 19.9. The first-order chi connectivity index (χ1) is 12.7. The van der Waals surface area contributed by atoms with Gasteiger partial charge in [0.15, 0.2) is 0 Å². The first-order valence-electron chi connectivity index (χ1n) is 8.81. The van der Waals surface area contributed by atoms with Gasteiger partial charge in [0, 0.05) is 11.3 Å². The molecule has 6 nitrogen and oxygen atoms in total. The minimum atomic E-state index is -0.587. The van der Waals surface area contributed by atoms with Gasteiger partial charge in [0.1, 0.15) is 18.0 Å². The molecule has 6 heteroatoms. The number of ether oxygens (including phenoxy) is 2. The fourth-order valence-electron chi connectivity index (χ4n) is 2.30. The Labute approximate surface area is 159 Å². The summed E-state index contributed by atoms with van der Waals surface area (Å²) in [4.78, 5) is 24.1. The summed E-state index contributed by atoms with van der Waals surface area (Å²) < 4.78 is 10.8. The smallest absolute Gasteiger partial charge is 0.412 e. The van der Waals surface area contributed by atoms with E-state index in [9.17, 15) is 9.59 Å². The van der Waals surface area contributed by atoms with Crippen LogP contribution in [0.4, 0.5) is 10.5 Å². The SMILES string of the molecule is Cc1cccc(OCCNC(=O)c2cccc(NC(=O)OC(C)(C)C)c2)c1. The number of amides is 2. The molecule has 0 saturated heterocycles. The van der Waals surface area contributed by atoms with Crippen molar-refractivity contribution in [3.63, 3.8) is 0 Å². The van der Waals surface area contributed by atoms with Gasteiger partial charge in [-0.3, -0.25) is 10.1 Å². The molecule has 2 rings (SSSR count). The predicted molar refractivity (Wildman–Crippen MR) is 105 cm³/mol. The maximum Gasteiger partial charge on any atom is 0.412 e. The molecule has 0 aliphatic heterocycles. The molecular weight excluding hydrogens is 344 g/mol. The van der Waals surface area contributed by atoms with E-state index in [1.807, 2.05) is 31.2 Å². The van der Waals surface area contributed by atoms with Gasteiger partial charge in [0.2, 0.25) is 0 Å². The molecule has 0 fully saturated rings. The van der Waals surface area contributed by atoms with Gasteiger partial charge in [0.25, 0.3) is 5.91 Å². The van der Waals surface area contributed by atoms with E-state index < -0.39 is 11.7 Å². The Hall–Kier alpha value is -3.02. The van der Waals surface area contributed by atoms with Crippen molar-refractivity contribution in [2.45, 2.75) is 33.3 Å². The topological polar surface area (TPSA) is 76.7 Å². The first kappa shape index (κ1) is 20.3. The average Bonchev–Trinajstić information content (AvgIpc) is 2.57. The molecular formula is C21H26N2O4. The van der Waals surface area contributed by atoms with E-state index in [4.69, 9.17) is 9.47 Å². The number of aryl methyl sites for hydroxylation is 1. The lowest BCUT2D eigenvalue weighted by Gasteiger charge is -2.19. The van der Waals surface area contributed by atoms with Crippen molar-refractivity contribution in [1.29, 1.82) is 0 Å². The molecule has 27 heavy (non-hydrogen) atoms. The number of hydrogen-bond donors (Lipinski definition) is 2. The van der Waals surface area contributed by atoms with Gasteiger partial charge in [-0.15, -0.1) is 0 Å². The van der Waals surface area contributed by atoms with E-state index in [0.29, 0.717) is 24.4 Å². The van der Waals surface area contributed by atoms with Gasteiger partial charge in [-0.05, 0) is 63.6 Å². The van der Waals surface area contributed by atoms with E-state index >= 15 is 0 Å². The van der Waals surface area contributed by atoms with Gasteiger partial charge < -0.3 is 14.8 Å². The van der Waals surface area contributed by atoms with Crippen molar-refractivity contribution in [3.05, 3.63) is 59.7 Å². The number of carbonyl (C=O) groups excluding carboxylic acids is 2. The Bertz CT molecular complexity index is 797.